The quantitative estimate of drug-likeness (QED) is 0.754. The molecule has 26 heavy (non-hydrogen) atoms. The summed E-state index contributed by atoms with van der Waals surface area (Å²) in [6, 6.07) is 9.54. The minimum atomic E-state index is -0.879. The minimum absolute atomic E-state index is 0.331. The molecule has 2 fully saturated rings. The number of rotatable bonds is 3. The molecule has 0 saturated carbocycles. The monoisotopic (exact) mass is 398 g/mol. The summed E-state index contributed by atoms with van der Waals surface area (Å²) in [7, 11) is 10.4. The van der Waals surface area contributed by atoms with Gasteiger partial charge in [-0.15, -0.1) is 0 Å². The molecule has 4 atom stereocenters. The Morgan fingerprint density at radius 1 is 1.15 bits per heavy atom. The number of piperazine rings is 1. The van der Waals surface area contributed by atoms with Crippen LogP contribution in [0.4, 0.5) is 0 Å². The Morgan fingerprint density at radius 3 is 2.15 bits per heavy atom. The van der Waals surface area contributed by atoms with Crippen molar-refractivity contribution in [3.63, 3.8) is 0 Å². The first-order valence-electron chi connectivity index (χ1n) is 8.78. The molecule has 3 rings (SSSR count). The van der Waals surface area contributed by atoms with Gasteiger partial charge in [-0.3, -0.25) is 15.1 Å². The van der Waals surface area contributed by atoms with E-state index in [0.29, 0.717) is 28.6 Å². The van der Waals surface area contributed by atoms with E-state index in [9.17, 15) is 4.79 Å². The van der Waals surface area contributed by atoms with E-state index in [4.69, 9.17) is 5.11 Å². The average Bonchev–Trinajstić information content (AvgIpc) is 3.05. The van der Waals surface area contributed by atoms with Crippen molar-refractivity contribution in [2.24, 2.45) is 0 Å². The molecule has 0 aromatic heterocycles. The fraction of sp³-hybridized carbons (Fsp3) is 0.611. The number of carboxylic acid groups (broad SMARTS) is 1. The number of nitrogens with one attached hydrogen (secondary N) is 1. The fourth-order valence-electron chi connectivity index (χ4n) is 3.30. The van der Waals surface area contributed by atoms with Crippen molar-refractivity contribution >= 4 is 27.6 Å². The van der Waals surface area contributed by atoms with Gasteiger partial charge in [-0.05, 0) is 47.1 Å². The van der Waals surface area contributed by atoms with Gasteiger partial charge in [-0.1, -0.05) is 39.8 Å². The summed E-state index contributed by atoms with van der Waals surface area (Å²) in [5.41, 5.74) is 1.22. The molecule has 2 saturated heterocycles. The van der Waals surface area contributed by atoms with Gasteiger partial charge in [0.15, 0.2) is 0 Å². The van der Waals surface area contributed by atoms with E-state index in [1.807, 2.05) is 21.6 Å². The van der Waals surface area contributed by atoms with Crippen molar-refractivity contribution in [1.29, 1.82) is 0 Å². The number of nitrogens with zero attached hydrogens (tertiary/aromatic N) is 3. The lowest BCUT2D eigenvalue weighted by Crippen LogP contribution is -2.61. The molecule has 2 N–H and O–H groups in total. The topological polar surface area (TPSA) is 59.0 Å². The first-order chi connectivity index (χ1) is 12.3. The summed E-state index contributed by atoms with van der Waals surface area (Å²) in [4.78, 5) is 17.5. The van der Waals surface area contributed by atoms with Crippen LogP contribution >= 0.6 is 21.6 Å². The second-order valence-electron chi connectivity index (χ2n) is 7.07. The highest BCUT2D eigenvalue weighted by Gasteiger charge is 2.38. The zero-order chi connectivity index (χ0) is 19.3. The SMILES string of the molecule is CC1CN(C)CC(C)N1C1NC(N(C)C)SS1.O=C(O)c1ccccc1. The standard InChI is InChI=1S/C11H24N4S2.C7H6O2/c1-8-6-14(5)7-9(2)15(8)11-12-10(13(3)4)16-17-11;8-7(9)6-4-2-1-3-5-6/h8-12H,6-7H2,1-5H3;1-5H,(H,8,9). The number of benzene rings is 1. The lowest BCUT2D eigenvalue weighted by atomic mass is 10.1. The Kier molecular flexibility index (Phi) is 8.25. The number of hydrogen-bond donors (Lipinski definition) is 2. The summed E-state index contributed by atoms with van der Waals surface area (Å²) in [5.74, 6) is -0.879. The molecule has 6 nitrogen and oxygen atoms in total. The number of carboxylic acids is 1. The van der Waals surface area contributed by atoms with Crippen molar-refractivity contribution in [2.45, 2.75) is 36.9 Å². The Morgan fingerprint density at radius 2 is 1.73 bits per heavy atom. The second-order valence-corrected chi connectivity index (χ2v) is 9.50. The Labute approximate surface area is 164 Å². The molecule has 0 spiro atoms. The predicted octanol–water partition coefficient (Wildman–Crippen LogP) is 2.51. The zero-order valence-corrected chi connectivity index (χ0v) is 17.8. The Balaban J connectivity index is 0.000000228. The van der Waals surface area contributed by atoms with Gasteiger partial charge in [0.1, 0.15) is 11.0 Å². The van der Waals surface area contributed by atoms with Crippen LogP contribution in [0.1, 0.15) is 24.2 Å². The summed E-state index contributed by atoms with van der Waals surface area (Å²) in [5, 5.41) is 12.1. The highest BCUT2D eigenvalue weighted by Crippen LogP contribution is 2.40. The van der Waals surface area contributed by atoms with E-state index >= 15 is 0 Å². The zero-order valence-electron chi connectivity index (χ0n) is 16.1. The molecule has 2 aliphatic heterocycles. The van der Waals surface area contributed by atoms with Crippen LogP contribution in [0.25, 0.3) is 0 Å². The Hall–Kier alpha value is -0.770. The van der Waals surface area contributed by atoms with Gasteiger partial charge in [-0.2, -0.15) is 0 Å². The molecule has 0 aliphatic carbocycles. The van der Waals surface area contributed by atoms with E-state index < -0.39 is 5.97 Å². The van der Waals surface area contributed by atoms with E-state index in [1.165, 1.54) is 13.1 Å². The third kappa shape index (κ3) is 5.87. The van der Waals surface area contributed by atoms with Crippen molar-refractivity contribution in [1.82, 2.24) is 20.0 Å². The molecule has 1 aromatic carbocycles. The van der Waals surface area contributed by atoms with Gasteiger partial charge in [0.2, 0.25) is 0 Å². The summed E-state index contributed by atoms with van der Waals surface area (Å²) in [6.45, 7) is 7.00. The normalized spacial score (nSPS) is 30.1. The molecular weight excluding hydrogens is 368 g/mol. The maximum absolute atomic E-state index is 10.2. The van der Waals surface area contributed by atoms with Crippen LogP contribution in [0.15, 0.2) is 30.3 Å². The van der Waals surface area contributed by atoms with E-state index in [0.717, 1.165) is 0 Å². The van der Waals surface area contributed by atoms with Crippen molar-refractivity contribution < 1.29 is 9.90 Å². The molecule has 4 unspecified atom stereocenters. The van der Waals surface area contributed by atoms with Gasteiger partial charge < -0.3 is 10.0 Å². The predicted molar refractivity (Wildman–Crippen MR) is 111 cm³/mol. The van der Waals surface area contributed by atoms with Gasteiger partial charge >= 0.3 is 5.97 Å². The first-order valence-corrected chi connectivity index (χ1v) is 11.1. The van der Waals surface area contributed by atoms with Crippen LogP contribution in [0.2, 0.25) is 0 Å². The molecule has 0 amide bonds. The molecule has 8 heteroatoms. The van der Waals surface area contributed by atoms with Crippen LogP contribution in [0.3, 0.4) is 0 Å². The molecule has 0 bridgehead atoms. The van der Waals surface area contributed by atoms with Crippen molar-refractivity contribution in [2.75, 3.05) is 34.2 Å². The highest BCUT2D eigenvalue weighted by atomic mass is 33.1. The molecular formula is C18H30N4O2S2. The molecule has 146 valence electrons. The molecule has 1 aromatic rings. The molecule has 0 radical (unpaired) electrons. The molecule has 2 heterocycles. The maximum atomic E-state index is 10.2. The van der Waals surface area contributed by atoms with Crippen LogP contribution in [0, 0.1) is 0 Å². The van der Waals surface area contributed by atoms with Gasteiger partial charge in [-0.25, -0.2) is 4.79 Å². The number of hydrogen-bond acceptors (Lipinski definition) is 7. The van der Waals surface area contributed by atoms with E-state index in [-0.39, 0.29) is 0 Å². The molecule has 2 aliphatic rings. The maximum Gasteiger partial charge on any atom is 0.335 e. The van der Waals surface area contributed by atoms with Gasteiger partial charge in [0.05, 0.1) is 5.56 Å². The smallest absolute Gasteiger partial charge is 0.335 e. The van der Waals surface area contributed by atoms with E-state index in [1.54, 1.807) is 30.3 Å². The third-order valence-corrected chi connectivity index (χ3v) is 7.29. The lowest BCUT2D eigenvalue weighted by molar-refractivity contribution is 0.0308. The van der Waals surface area contributed by atoms with Crippen LogP contribution in [-0.2, 0) is 0 Å². The highest BCUT2D eigenvalue weighted by molar-refractivity contribution is 8.77. The summed E-state index contributed by atoms with van der Waals surface area (Å²) >= 11 is 0. The number of aromatic carboxylic acids is 1. The minimum Gasteiger partial charge on any atom is -0.478 e. The summed E-state index contributed by atoms with van der Waals surface area (Å²) in [6.07, 6.45) is 0. The lowest BCUT2D eigenvalue weighted by Gasteiger charge is -2.45. The van der Waals surface area contributed by atoms with Crippen LogP contribution < -0.4 is 5.32 Å². The van der Waals surface area contributed by atoms with Gasteiger partial charge in [0, 0.05) is 25.2 Å². The van der Waals surface area contributed by atoms with Crippen LogP contribution in [0.5, 0.6) is 0 Å². The van der Waals surface area contributed by atoms with Crippen molar-refractivity contribution in [3.8, 4) is 0 Å². The third-order valence-electron chi connectivity index (χ3n) is 4.45. The number of likely N-dealkylation sites (N-methyl/N-ethyl adjacent to an activating group) is 1. The number of carbonyl (C=O) groups is 1. The second kappa shape index (κ2) is 9.96. The summed E-state index contributed by atoms with van der Waals surface area (Å²) < 4.78 is 0. The first kappa shape index (κ1) is 21.5. The van der Waals surface area contributed by atoms with E-state index in [2.05, 4.69) is 55.0 Å². The van der Waals surface area contributed by atoms with Crippen LogP contribution in [-0.4, -0.2) is 83.1 Å². The largest absolute Gasteiger partial charge is 0.478 e. The Bertz CT molecular complexity index is 564. The average molecular weight is 399 g/mol. The fourth-order valence-corrected chi connectivity index (χ4v) is 6.43. The van der Waals surface area contributed by atoms with Gasteiger partial charge in [0.25, 0.3) is 0 Å². The van der Waals surface area contributed by atoms with Crippen molar-refractivity contribution in [3.05, 3.63) is 35.9 Å².